The lowest BCUT2D eigenvalue weighted by Gasteiger charge is -2.18. The number of aromatic amines is 1. The number of nitrogen functional groups attached to an aromatic ring is 1. The maximum Gasteiger partial charge on any atom is 0.329 e. The van der Waals surface area contributed by atoms with Gasteiger partial charge in [-0.25, -0.2) is 4.79 Å². The summed E-state index contributed by atoms with van der Waals surface area (Å²) in [7, 11) is 1.80. The summed E-state index contributed by atoms with van der Waals surface area (Å²) in [5, 5.41) is 0. The number of rotatable bonds is 6. The van der Waals surface area contributed by atoms with Crippen LogP contribution in [0.2, 0.25) is 0 Å². The maximum atomic E-state index is 12.5. The summed E-state index contributed by atoms with van der Waals surface area (Å²) in [4.78, 5) is 40.2. The molecule has 0 aliphatic heterocycles. The zero-order chi connectivity index (χ0) is 18.7. The van der Waals surface area contributed by atoms with Crippen LogP contribution in [0, 0.1) is 13.8 Å². The maximum absolute atomic E-state index is 12.5. The lowest BCUT2D eigenvalue weighted by atomic mass is 10.1. The van der Waals surface area contributed by atoms with Crippen LogP contribution in [0.15, 0.2) is 27.8 Å². The Labute approximate surface area is 146 Å². The number of Topliss-reactive ketones (excluding diaryl/α,β-unsaturated/α-hetero) is 1. The van der Waals surface area contributed by atoms with Crippen molar-refractivity contribution < 1.29 is 4.79 Å². The Morgan fingerprint density at radius 1 is 1.28 bits per heavy atom. The molecule has 0 atom stereocenters. The summed E-state index contributed by atoms with van der Waals surface area (Å²) in [6.07, 6.45) is 0. The van der Waals surface area contributed by atoms with Crippen molar-refractivity contribution in [2.75, 3.05) is 19.3 Å². The minimum atomic E-state index is -0.739. The number of nitrogens with two attached hydrogens (primary N) is 1. The van der Waals surface area contributed by atoms with Gasteiger partial charge in [0.25, 0.3) is 5.56 Å². The summed E-state index contributed by atoms with van der Waals surface area (Å²) in [5.74, 6) is -0.491. The van der Waals surface area contributed by atoms with E-state index in [0.29, 0.717) is 6.54 Å². The van der Waals surface area contributed by atoms with Gasteiger partial charge in [-0.15, -0.1) is 0 Å². The van der Waals surface area contributed by atoms with E-state index in [1.165, 1.54) is 10.1 Å². The minimum absolute atomic E-state index is 0.0303. The number of anilines is 1. The molecule has 0 unspecified atom stereocenters. The highest BCUT2D eigenvalue weighted by molar-refractivity contribution is 6.01. The molecule has 0 aliphatic carbocycles. The van der Waals surface area contributed by atoms with Gasteiger partial charge >= 0.3 is 5.69 Å². The lowest BCUT2D eigenvalue weighted by molar-refractivity contribution is 0.0941. The van der Waals surface area contributed by atoms with Crippen molar-refractivity contribution in [2.24, 2.45) is 0 Å². The molecule has 1 aromatic carbocycles. The van der Waals surface area contributed by atoms with Crippen molar-refractivity contribution in [3.05, 3.63) is 61.3 Å². The van der Waals surface area contributed by atoms with E-state index in [9.17, 15) is 14.4 Å². The van der Waals surface area contributed by atoms with Crippen LogP contribution in [0.3, 0.4) is 0 Å². The molecule has 7 nitrogen and oxygen atoms in total. The van der Waals surface area contributed by atoms with Crippen LogP contribution in [0.1, 0.15) is 34.0 Å². The minimum Gasteiger partial charge on any atom is -0.384 e. The van der Waals surface area contributed by atoms with Crippen LogP contribution in [0.25, 0.3) is 0 Å². The predicted molar refractivity (Wildman–Crippen MR) is 98.0 cm³/mol. The molecule has 3 N–H and O–H groups in total. The molecule has 0 fully saturated rings. The number of hydrogen-bond acceptors (Lipinski definition) is 5. The molecule has 0 amide bonds. The molecule has 2 rings (SSSR count). The largest absolute Gasteiger partial charge is 0.384 e. The molecular formula is C18H24N4O3. The number of carbonyl (C=O) groups is 1. The number of likely N-dealkylation sites (N-methyl/N-ethyl adjacent to an activating group) is 1. The Hall–Kier alpha value is -2.67. The number of benzene rings is 1. The number of aromatic nitrogens is 2. The van der Waals surface area contributed by atoms with Crippen LogP contribution in [-0.2, 0) is 13.1 Å². The summed E-state index contributed by atoms with van der Waals surface area (Å²) in [6, 6.07) is 6.15. The van der Waals surface area contributed by atoms with Crippen LogP contribution >= 0.6 is 0 Å². The van der Waals surface area contributed by atoms with E-state index >= 15 is 0 Å². The van der Waals surface area contributed by atoms with E-state index in [4.69, 9.17) is 5.73 Å². The molecule has 25 heavy (non-hydrogen) atoms. The smallest absolute Gasteiger partial charge is 0.329 e. The summed E-state index contributed by atoms with van der Waals surface area (Å²) in [6.45, 7) is 6.65. The molecule has 1 heterocycles. The van der Waals surface area contributed by atoms with Crippen LogP contribution in [0.5, 0.6) is 0 Å². The Kier molecular flexibility index (Phi) is 5.58. The SMILES string of the molecule is CCn1c(N)c(C(=O)CN(C)Cc2ccc(C)cc2C)c(=O)[nH]c1=O. The van der Waals surface area contributed by atoms with Gasteiger partial charge in [-0.2, -0.15) is 0 Å². The highest BCUT2D eigenvalue weighted by Gasteiger charge is 2.20. The predicted octanol–water partition coefficient (Wildman–Crippen LogP) is 1.07. The third-order valence-electron chi connectivity index (χ3n) is 4.19. The van der Waals surface area contributed by atoms with Gasteiger partial charge in [-0.1, -0.05) is 23.8 Å². The Bertz CT molecular complexity index is 912. The zero-order valence-electron chi connectivity index (χ0n) is 15.0. The summed E-state index contributed by atoms with van der Waals surface area (Å²) in [5.41, 5.74) is 7.81. The number of nitrogens with one attached hydrogen (secondary N) is 1. The first-order valence-corrected chi connectivity index (χ1v) is 8.15. The highest BCUT2D eigenvalue weighted by Crippen LogP contribution is 2.13. The van der Waals surface area contributed by atoms with Crippen molar-refractivity contribution >= 4 is 11.6 Å². The van der Waals surface area contributed by atoms with Gasteiger partial charge in [0, 0.05) is 13.1 Å². The fourth-order valence-corrected chi connectivity index (χ4v) is 2.87. The molecule has 0 bridgehead atoms. The van der Waals surface area contributed by atoms with Gasteiger partial charge in [0.1, 0.15) is 11.4 Å². The van der Waals surface area contributed by atoms with Crippen molar-refractivity contribution in [1.82, 2.24) is 14.5 Å². The van der Waals surface area contributed by atoms with Crippen molar-refractivity contribution in [1.29, 1.82) is 0 Å². The number of nitrogens with zero attached hydrogens (tertiary/aromatic N) is 2. The van der Waals surface area contributed by atoms with E-state index in [0.717, 1.165) is 11.1 Å². The summed E-state index contributed by atoms with van der Waals surface area (Å²) < 4.78 is 1.18. The van der Waals surface area contributed by atoms with E-state index in [1.54, 1.807) is 14.0 Å². The number of H-pyrrole nitrogens is 1. The topological polar surface area (TPSA) is 101 Å². The molecule has 0 aliphatic rings. The molecule has 0 saturated heterocycles. The number of ketones is 1. The molecule has 1 aromatic heterocycles. The van der Waals surface area contributed by atoms with Crippen LogP contribution < -0.4 is 17.0 Å². The average Bonchev–Trinajstić information content (AvgIpc) is 2.50. The van der Waals surface area contributed by atoms with Gasteiger partial charge in [-0.05, 0) is 38.9 Å². The van der Waals surface area contributed by atoms with E-state index in [2.05, 4.69) is 11.1 Å². The molecule has 0 radical (unpaired) electrons. The lowest BCUT2D eigenvalue weighted by Crippen LogP contribution is -2.38. The molecule has 134 valence electrons. The molecular weight excluding hydrogens is 320 g/mol. The average molecular weight is 344 g/mol. The second-order valence-corrected chi connectivity index (χ2v) is 6.29. The fourth-order valence-electron chi connectivity index (χ4n) is 2.87. The summed E-state index contributed by atoms with van der Waals surface area (Å²) >= 11 is 0. The quantitative estimate of drug-likeness (QED) is 0.763. The first-order chi connectivity index (χ1) is 11.7. The van der Waals surface area contributed by atoms with E-state index < -0.39 is 17.0 Å². The Morgan fingerprint density at radius 2 is 1.96 bits per heavy atom. The van der Waals surface area contributed by atoms with Crippen molar-refractivity contribution in [3.8, 4) is 0 Å². The Balaban J connectivity index is 2.22. The molecule has 7 heteroatoms. The monoisotopic (exact) mass is 344 g/mol. The molecule has 0 spiro atoms. The van der Waals surface area contributed by atoms with Gasteiger partial charge < -0.3 is 5.73 Å². The van der Waals surface area contributed by atoms with Crippen molar-refractivity contribution in [3.63, 3.8) is 0 Å². The molecule has 2 aromatic rings. The van der Waals surface area contributed by atoms with Gasteiger partial charge in [-0.3, -0.25) is 24.0 Å². The van der Waals surface area contributed by atoms with Gasteiger partial charge in [0.2, 0.25) is 0 Å². The number of carbonyl (C=O) groups excluding carboxylic acids is 1. The fraction of sp³-hybridized carbons (Fsp3) is 0.389. The second kappa shape index (κ2) is 7.48. The Morgan fingerprint density at radius 3 is 2.56 bits per heavy atom. The van der Waals surface area contributed by atoms with E-state index in [-0.39, 0.29) is 24.5 Å². The third kappa shape index (κ3) is 4.06. The van der Waals surface area contributed by atoms with Gasteiger partial charge in [0.05, 0.1) is 6.54 Å². The first-order valence-electron chi connectivity index (χ1n) is 8.15. The standard InChI is InChI=1S/C18H24N4O3/c1-5-22-16(19)15(17(24)20-18(22)25)14(23)10-21(4)9-13-7-6-11(2)8-12(13)3/h6-8H,5,9-10,19H2,1-4H3,(H,20,24,25). The number of hydrogen-bond donors (Lipinski definition) is 2. The first kappa shape index (κ1) is 18.7. The second-order valence-electron chi connectivity index (χ2n) is 6.29. The van der Waals surface area contributed by atoms with Crippen molar-refractivity contribution in [2.45, 2.75) is 33.9 Å². The molecule has 0 saturated carbocycles. The van der Waals surface area contributed by atoms with Gasteiger partial charge in [0.15, 0.2) is 5.78 Å². The highest BCUT2D eigenvalue weighted by atomic mass is 16.2. The number of aryl methyl sites for hydroxylation is 2. The third-order valence-corrected chi connectivity index (χ3v) is 4.19. The normalized spacial score (nSPS) is 11.1. The zero-order valence-corrected chi connectivity index (χ0v) is 15.0. The van der Waals surface area contributed by atoms with E-state index in [1.807, 2.05) is 30.9 Å². The van der Waals surface area contributed by atoms with Crippen LogP contribution in [0.4, 0.5) is 5.82 Å². The van der Waals surface area contributed by atoms with Crippen LogP contribution in [-0.4, -0.2) is 33.8 Å².